The molecule has 1 saturated heterocycles. The van der Waals surface area contributed by atoms with Gasteiger partial charge in [-0.25, -0.2) is 0 Å². The van der Waals surface area contributed by atoms with Crippen molar-refractivity contribution in [2.24, 2.45) is 0 Å². The molecule has 0 aromatic rings. The Kier molecular flexibility index (Phi) is 3.46. The summed E-state index contributed by atoms with van der Waals surface area (Å²) in [5.74, 6) is 1.27. The minimum absolute atomic E-state index is 0.364. The first-order valence-corrected chi connectivity index (χ1v) is 5.25. The summed E-state index contributed by atoms with van der Waals surface area (Å²) in [7, 11) is 0. The van der Waals surface area contributed by atoms with Crippen LogP contribution in [0.25, 0.3) is 0 Å². The molecule has 1 heterocycles. The zero-order valence-electron chi connectivity index (χ0n) is 7.23. The highest BCUT2D eigenvalue weighted by Gasteiger charge is 2.27. The zero-order chi connectivity index (χ0) is 8.16. The molecule has 2 heteroatoms. The van der Waals surface area contributed by atoms with Gasteiger partial charge in [-0.1, -0.05) is 6.08 Å². The van der Waals surface area contributed by atoms with Gasteiger partial charge in [0.05, 0.1) is 4.87 Å². The molecule has 1 unspecified atom stereocenters. The van der Waals surface area contributed by atoms with Gasteiger partial charge in [0.1, 0.15) is 0 Å². The second-order valence-electron chi connectivity index (χ2n) is 3.19. The predicted octanol–water partition coefficient (Wildman–Crippen LogP) is 2.40. The Balaban J connectivity index is 2.17. The fraction of sp³-hybridized carbons (Fsp3) is 0.778. The minimum atomic E-state index is 0.364. The SMILES string of the molecule is C=CCCCC1(C)NCCS1. The van der Waals surface area contributed by atoms with Crippen molar-refractivity contribution in [1.82, 2.24) is 5.32 Å². The normalized spacial score (nSPS) is 30.6. The molecule has 1 nitrogen and oxygen atoms in total. The van der Waals surface area contributed by atoms with E-state index in [1.807, 2.05) is 17.8 Å². The number of unbranched alkanes of at least 4 members (excludes halogenated alkanes) is 1. The fourth-order valence-electron chi connectivity index (χ4n) is 1.39. The summed E-state index contributed by atoms with van der Waals surface area (Å²) in [4.78, 5) is 0.364. The van der Waals surface area contributed by atoms with Crippen LogP contribution in [0.2, 0.25) is 0 Å². The molecule has 0 radical (unpaired) electrons. The summed E-state index contributed by atoms with van der Waals surface area (Å²) in [5.41, 5.74) is 0. The van der Waals surface area contributed by atoms with E-state index < -0.39 is 0 Å². The summed E-state index contributed by atoms with van der Waals surface area (Å²) < 4.78 is 0. The largest absolute Gasteiger partial charge is 0.302 e. The summed E-state index contributed by atoms with van der Waals surface area (Å²) >= 11 is 2.05. The van der Waals surface area contributed by atoms with Crippen molar-refractivity contribution in [1.29, 1.82) is 0 Å². The number of hydrogen-bond donors (Lipinski definition) is 1. The van der Waals surface area contributed by atoms with Crippen molar-refractivity contribution in [3.05, 3.63) is 12.7 Å². The molecule has 0 bridgehead atoms. The topological polar surface area (TPSA) is 12.0 Å². The molecule has 0 aromatic carbocycles. The average Bonchev–Trinajstić information content (AvgIpc) is 2.38. The first-order chi connectivity index (χ1) is 5.27. The fourth-order valence-corrected chi connectivity index (χ4v) is 2.53. The maximum absolute atomic E-state index is 3.72. The lowest BCUT2D eigenvalue weighted by Gasteiger charge is -2.22. The molecule has 1 atom stereocenters. The summed E-state index contributed by atoms with van der Waals surface area (Å²) in [6.07, 6.45) is 5.69. The van der Waals surface area contributed by atoms with Crippen molar-refractivity contribution in [2.75, 3.05) is 12.3 Å². The van der Waals surface area contributed by atoms with E-state index >= 15 is 0 Å². The molecule has 0 amide bonds. The van der Waals surface area contributed by atoms with Crippen LogP contribution in [0.15, 0.2) is 12.7 Å². The Morgan fingerprint density at radius 1 is 1.73 bits per heavy atom. The Hall–Kier alpha value is 0.0500. The number of allylic oxidation sites excluding steroid dienone is 1. The minimum Gasteiger partial charge on any atom is -0.302 e. The third-order valence-electron chi connectivity index (χ3n) is 2.08. The van der Waals surface area contributed by atoms with Crippen LogP contribution >= 0.6 is 11.8 Å². The van der Waals surface area contributed by atoms with Crippen LogP contribution in [0.3, 0.4) is 0 Å². The summed E-state index contributed by atoms with van der Waals surface area (Å²) in [6, 6.07) is 0. The van der Waals surface area contributed by atoms with Gasteiger partial charge < -0.3 is 5.32 Å². The first kappa shape index (κ1) is 9.14. The van der Waals surface area contributed by atoms with E-state index in [0.717, 1.165) is 6.42 Å². The van der Waals surface area contributed by atoms with Crippen molar-refractivity contribution in [3.8, 4) is 0 Å². The average molecular weight is 171 g/mol. The molecule has 0 aliphatic carbocycles. The van der Waals surface area contributed by atoms with Gasteiger partial charge in [-0.15, -0.1) is 18.3 Å². The van der Waals surface area contributed by atoms with Crippen LogP contribution in [0, 0.1) is 0 Å². The van der Waals surface area contributed by atoms with Crippen LogP contribution in [0.5, 0.6) is 0 Å². The predicted molar refractivity (Wildman–Crippen MR) is 52.9 cm³/mol. The highest BCUT2D eigenvalue weighted by molar-refractivity contribution is 8.00. The number of thioether (sulfide) groups is 1. The highest BCUT2D eigenvalue weighted by atomic mass is 32.2. The number of hydrogen-bond acceptors (Lipinski definition) is 2. The zero-order valence-corrected chi connectivity index (χ0v) is 8.04. The lowest BCUT2D eigenvalue weighted by atomic mass is 10.1. The second kappa shape index (κ2) is 4.17. The highest BCUT2D eigenvalue weighted by Crippen LogP contribution is 2.31. The second-order valence-corrected chi connectivity index (χ2v) is 4.78. The van der Waals surface area contributed by atoms with Crippen LogP contribution in [-0.4, -0.2) is 17.2 Å². The molecule has 1 rings (SSSR count). The molecule has 0 aromatic heterocycles. The van der Waals surface area contributed by atoms with Gasteiger partial charge in [0.15, 0.2) is 0 Å². The summed E-state index contributed by atoms with van der Waals surface area (Å²) in [6.45, 7) is 7.20. The molecule has 1 aliphatic heterocycles. The van der Waals surface area contributed by atoms with Crippen LogP contribution < -0.4 is 5.32 Å². The van der Waals surface area contributed by atoms with E-state index in [2.05, 4.69) is 18.8 Å². The summed E-state index contributed by atoms with van der Waals surface area (Å²) in [5, 5.41) is 3.52. The van der Waals surface area contributed by atoms with Crippen molar-refractivity contribution >= 4 is 11.8 Å². The third kappa shape index (κ3) is 2.88. The first-order valence-electron chi connectivity index (χ1n) is 4.27. The van der Waals surface area contributed by atoms with Gasteiger partial charge in [0.2, 0.25) is 0 Å². The van der Waals surface area contributed by atoms with Gasteiger partial charge >= 0.3 is 0 Å². The van der Waals surface area contributed by atoms with Crippen molar-refractivity contribution in [3.63, 3.8) is 0 Å². The lowest BCUT2D eigenvalue weighted by Crippen LogP contribution is -2.33. The Bertz CT molecular complexity index is 128. The van der Waals surface area contributed by atoms with Crippen LogP contribution in [0.1, 0.15) is 26.2 Å². The van der Waals surface area contributed by atoms with Crippen molar-refractivity contribution < 1.29 is 0 Å². The van der Waals surface area contributed by atoms with E-state index in [4.69, 9.17) is 0 Å². The van der Waals surface area contributed by atoms with E-state index in [-0.39, 0.29) is 0 Å². The van der Waals surface area contributed by atoms with E-state index in [1.165, 1.54) is 25.1 Å². The van der Waals surface area contributed by atoms with Gasteiger partial charge in [-0.05, 0) is 26.2 Å². The molecule has 0 spiro atoms. The van der Waals surface area contributed by atoms with Gasteiger partial charge in [-0.2, -0.15) is 0 Å². The molecular formula is C9H17NS. The van der Waals surface area contributed by atoms with Gasteiger partial charge in [-0.3, -0.25) is 0 Å². The molecule has 1 N–H and O–H groups in total. The Morgan fingerprint density at radius 3 is 3.09 bits per heavy atom. The maximum Gasteiger partial charge on any atom is 0.0617 e. The maximum atomic E-state index is 3.72. The van der Waals surface area contributed by atoms with E-state index in [0.29, 0.717) is 4.87 Å². The standard InChI is InChI=1S/C9H17NS/c1-3-4-5-6-9(2)10-7-8-11-9/h3,10H,1,4-8H2,2H3. The van der Waals surface area contributed by atoms with E-state index in [9.17, 15) is 0 Å². The van der Waals surface area contributed by atoms with Crippen molar-refractivity contribution in [2.45, 2.75) is 31.1 Å². The smallest absolute Gasteiger partial charge is 0.0617 e. The molecule has 64 valence electrons. The van der Waals surface area contributed by atoms with Crippen LogP contribution in [0.4, 0.5) is 0 Å². The van der Waals surface area contributed by atoms with Crippen LogP contribution in [-0.2, 0) is 0 Å². The number of rotatable bonds is 4. The number of nitrogens with one attached hydrogen (secondary N) is 1. The van der Waals surface area contributed by atoms with Gasteiger partial charge in [0, 0.05) is 12.3 Å². The molecule has 1 fully saturated rings. The molecule has 11 heavy (non-hydrogen) atoms. The van der Waals surface area contributed by atoms with E-state index in [1.54, 1.807) is 0 Å². The monoisotopic (exact) mass is 171 g/mol. The molecule has 1 aliphatic rings. The Labute approximate surface area is 73.6 Å². The molecule has 0 saturated carbocycles. The third-order valence-corrected chi connectivity index (χ3v) is 3.48. The lowest BCUT2D eigenvalue weighted by molar-refractivity contribution is 0.491. The molecular weight excluding hydrogens is 154 g/mol. The van der Waals surface area contributed by atoms with Gasteiger partial charge in [0.25, 0.3) is 0 Å². The Morgan fingerprint density at radius 2 is 2.55 bits per heavy atom. The quantitative estimate of drug-likeness (QED) is 0.515.